The number of aliphatic carboxylic acids is 1. The maximum atomic E-state index is 12.3. The Morgan fingerprint density at radius 3 is 2.33 bits per heavy atom. The summed E-state index contributed by atoms with van der Waals surface area (Å²) >= 11 is 0. The minimum absolute atomic E-state index is 0.435. The fourth-order valence-corrected chi connectivity index (χ4v) is 0.439. The number of carbonyl (C=O) groups excluding carboxylic acids is 1. The third-order valence-electron chi connectivity index (χ3n) is 1.37. The summed E-state index contributed by atoms with van der Waals surface area (Å²) in [6.45, 7) is 3.28. The van der Waals surface area contributed by atoms with Crippen LogP contribution in [0.4, 0.5) is 4.39 Å². The molecule has 3 heteroatoms. The molecule has 0 fully saturated rings. The third kappa shape index (κ3) is 2.44. The lowest BCUT2D eigenvalue weighted by molar-refractivity contribution is -0.313. The highest BCUT2D eigenvalue weighted by Gasteiger charge is 2.14. The second-order valence-electron chi connectivity index (χ2n) is 2.11. The van der Waals surface area contributed by atoms with Gasteiger partial charge in [-0.05, 0) is 5.92 Å². The Balaban J connectivity index is 3.72. The topological polar surface area (TPSA) is 40.1 Å². The molecule has 0 N–H and O–H groups in total. The van der Waals surface area contributed by atoms with E-state index in [1.165, 1.54) is 0 Å². The summed E-state index contributed by atoms with van der Waals surface area (Å²) in [7, 11) is 0. The zero-order valence-electron chi connectivity index (χ0n) is 5.56. The summed E-state index contributed by atoms with van der Waals surface area (Å²) in [5.41, 5.74) is 0. The molecule has 0 aliphatic heterocycles. The molecule has 0 aliphatic rings. The van der Waals surface area contributed by atoms with Crippen LogP contribution in [0.1, 0.15) is 20.3 Å². The molecule has 0 spiro atoms. The maximum absolute atomic E-state index is 12.3. The van der Waals surface area contributed by atoms with Crippen LogP contribution in [0.2, 0.25) is 0 Å². The molecule has 0 unspecified atom stereocenters. The van der Waals surface area contributed by atoms with Crippen LogP contribution < -0.4 is 5.11 Å². The van der Waals surface area contributed by atoms with Crippen molar-refractivity contribution in [2.45, 2.75) is 26.4 Å². The molecule has 54 valence electrons. The quantitative estimate of drug-likeness (QED) is 0.548. The van der Waals surface area contributed by atoms with Crippen molar-refractivity contribution in [2.75, 3.05) is 0 Å². The highest BCUT2D eigenvalue weighted by Crippen LogP contribution is 2.09. The predicted octanol–water partition coefficient (Wildman–Crippen LogP) is 0.120. The molecule has 0 heterocycles. The summed E-state index contributed by atoms with van der Waals surface area (Å²) < 4.78 is 12.3. The number of hydrogen-bond acceptors (Lipinski definition) is 2. The van der Waals surface area contributed by atoms with E-state index in [2.05, 4.69) is 0 Å². The first-order valence-electron chi connectivity index (χ1n) is 2.94. The zero-order chi connectivity index (χ0) is 7.44. The molecular weight excluding hydrogens is 123 g/mol. The molecule has 0 aliphatic carbocycles. The van der Waals surface area contributed by atoms with E-state index in [9.17, 15) is 14.3 Å². The molecule has 0 saturated heterocycles. The van der Waals surface area contributed by atoms with Crippen molar-refractivity contribution in [1.82, 2.24) is 0 Å². The molecule has 0 rings (SSSR count). The lowest BCUT2D eigenvalue weighted by Gasteiger charge is -2.14. The summed E-state index contributed by atoms with van der Waals surface area (Å²) in [5, 5.41) is 9.81. The highest BCUT2D eigenvalue weighted by molar-refractivity contribution is 5.70. The van der Waals surface area contributed by atoms with Crippen LogP contribution >= 0.6 is 0 Å². The van der Waals surface area contributed by atoms with Gasteiger partial charge in [-0.15, -0.1) is 0 Å². The number of halogens is 1. The molecule has 0 aromatic carbocycles. The lowest BCUT2D eigenvalue weighted by atomic mass is 10.0. The smallest absolute Gasteiger partial charge is 0.142 e. The Morgan fingerprint density at radius 2 is 2.22 bits per heavy atom. The van der Waals surface area contributed by atoms with Crippen molar-refractivity contribution in [3.63, 3.8) is 0 Å². The fraction of sp³-hybridized carbons (Fsp3) is 0.833. The Kier molecular flexibility index (Phi) is 3.20. The molecular formula is C6H10FO2-. The Bertz CT molecular complexity index is 103. The molecule has 0 bridgehead atoms. The lowest BCUT2D eigenvalue weighted by Crippen LogP contribution is -2.36. The van der Waals surface area contributed by atoms with Gasteiger partial charge in [-0.3, -0.25) is 0 Å². The van der Waals surface area contributed by atoms with E-state index >= 15 is 0 Å². The van der Waals surface area contributed by atoms with Crippen molar-refractivity contribution in [3.8, 4) is 0 Å². The largest absolute Gasteiger partial charge is 0.547 e. The van der Waals surface area contributed by atoms with Gasteiger partial charge in [0.05, 0.1) is 5.97 Å². The second kappa shape index (κ2) is 3.43. The summed E-state index contributed by atoms with van der Waals surface area (Å²) in [5.74, 6) is -2.04. The monoisotopic (exact) mass is 133 g/mol. The molecule has 2 atom stereocenters. The van der Waals surface area contributed by atoms with Crippen LogP contribution in [-0.2, 0) is 4.79 Å². The molecule has 0 aromatic rings. The Morgan fingerprint density at radius 1 is 1.78 bits per heavy atom. The zero-order valence-corrected chi connectivity index (χ0v) is 5.56. The van der Waals surface area contributed by atoms with Gasteiger partial charge in [0.1, 0.15) is 6.17 Å². The number of alkyl halides is 1. The van der Waals surface area contributed by atoms with Crippen molar-refractivity contribution >= 4 is 5.97 Å². The average Bonchev–Trinajstić information content (AvgIpc) is 1.84. The summed E-state index contributed by atoms with van der Waals surface area (Å²) in [6, 6.07) is 0. The van der Waals surface area contributed by atoms with Gasteiger partial charge in [0.2, 0.25) is 0 Å². The van der Waals surface area contributed by atoms with E-state index in [4.69, 9.17) is 0 Å². The molecule has 0 radical (unpaired) electrons. The van der Waals surface area contributed by atoms with E-state index < -0.39 is 18.1 Å². The molecule has 2 nitrogen and oxygen atoms in total. The van der Waals surface area contributed by atoms with E-state index in [0.717, 1.165) is 0 Å². The number of rotatable bonds is 3. The van der Waals surface area contributed by atoms with Crippen molar-refractivity contribution < 1.29 is 14.3 Å². The number of hydrogen-bond donors (Lipinski definition) is 0. The number of carbonyl (C=O) groups is 1. The van der Waals surface area contributed by atoms with Crippen LogP contribution in [0, 0.1) is 5.92 Å². The first-order valence-corrected chi connectivity index (χ1v) is 2.94. The van der Waals surface area contributed by atoms with Gasteiger partial charge in [-0.1, -0.05) is 20.3 Å². The normalized spacial score (nSPS) is 16.8. The van der Waals surface area contributed by atoms with Crippen LogP contribution in [0.5, 0.6) is 0 Å². The Labute approximate surface area is 53.7 Å². The van der Waals surface area contributed by atoms with Crippen molar-refractivity contribution in [2.24, 2.45) is 5.92 Å². The van der Waals surface area contributed by atoms with Crippen molar-refractivity contribution in [1.29, 1.82) is 0 Å². The van der Waals surface area contributed by atoms with E-state index in [1.807, 2.05) is 0 Å². The van der Waals surface area contributed by atoms with E-state index in [0.29, 0.717) is 6.42 Å². The third-order valence-corrected chi connectivity index (χ3v) is 1.37. The molecule has 0 amide bonds. The van der Waals surface area contributed by atoms with Crippen LogP contribution in [0.15, 0.2) is 0 Å². The van der Waals surface area contributed by atoms with Gasteiger partial charge in [0.25, 0.3) is 0 Å². The van der Waals surface area contributed by atoms with E-state index in [-0.39, 0.29) is 0 Å². The number of carboxylic acids is 1. The van der Waals surface area contributed by atoms with Crippen LogP contribution in [0.25, 0.3) is 0 Å². The first-order chi connectivity index (χ1) is 4.09. The second-order valence-corrected chi connectivity index (χ2v) is 2.11. The number of carboxylic acid groups (broad SMARTS) is 1. The minimum Gasteiger partial charge on any atom is -0.547 e. The van der Waals surface area contributed by atoms with Crippen LogP contribution in [0.3, 0.4) is 0 Å². The van der Waals surface area contributed by atoms with Gasteiger partial charge in [-0.2, -0.15) is 0 Å². The highest BCUT2D eigenvalue weighted by atomic mass is 19.1. The molecule has 9 heavy (non-hydrogen) atoms. The predicted molar refractivity (Wildman–Crippen MR) is 29.4 cm³/mol. The summed E-state index contributed by atoms with van der Waals surface area (Å²) in [6.07, 6.45) is -1.29. The van der Waals surface area contributed by atoms with Gasteiger partial charge in [-0.25, -0.2) is 4.39 Å². The fourth-order valence-electron chi connectivity index (χ4n) is 0.439. The van der Waals surface area contributed by atoms with Gasteiger partial charge >= 0.3 is 0 Å². The van der Waals surface area contributed by atoms with Crippen molar-refractivity contribution in [3.05, 3.63) is 0 Å². The molecule has 0 aromatic heterocycles. The average molecular weight is 133 g/mol. The SMILES string of the molecule is CC[C@H](C)[C@H](F)C(=O)[O-]. The minimum atomic E-state index is -1.81. The summed E-state index contributed by atoms with van der Waals surface area (Å²) in [4.78, 5) is 9.81. The first kappa shape index (κ1) is 8.40. The van der Waals surface area contributed by atoms with Gasteiger partial charge < -0.3 is 9.90 Å². The van der Waals surface area contributed by atoms with Crippen LogP contribution in [-0.4, -0.2) is 12.1 Å². The van der Waals surface area contributed by atoms with Gasteiger partial charge in [0.15, 0.2) is 0 Å². The maximum Gasteiger partial charge on any atom is 0.142 e. The Hall–Kier alpha value is -0.600. The standard InChI is InChI=1S/C6H11FO2/c1-3-4(2)5(7)6(8)9/h4-5H,3H2,1-2H3,(H,8,9)/p-1/t4-,5-/m0/s1. The van der Waals surface area contributed by atoms with E-state index in [1.54, 1.807) is 13.8 Å². The van der Waals surface area contributed by atoms with Gasteiger partial charge in [0, 0.05) is 0 Å². The molecule has 0 saturated carbocycles.